The Kier molecular flexibility index (Phi) is 4.09. The van der Waals surface area contributed by atoms with E-state index in [0.29, 0.717) is 17.5 Å². The standard InChI is InChI=1S/C12H16N4OS/c1-3-4-17-10-5-9(13)6-11(7-10)18-12-14-8(2)15-16-12/h5-7H,3-4,13H2,1-2H3,(H,14,15,16). The molecule has 18 heavy (non-hydrogen) atoms. The highest BCUT2D eigenvalue weighted by Crippen LogP contribution is 2.30. The first kappa shape index (κ1) is 12.8. The number of rotatable bonds is 5. The normalized spacial score (nSPS) is 10.6. The number of hydrogen-bond acceptors (Lipinski definition) is 5. The second kappa shape index (κ2) is 5.77. The lowest BCUT2D eigenvalue weighted by Gasteiger charge is -2.07. The van der Waals surface area contributed by atoms with Gasteiger partial charge < -0.3 is 10.5 Å². The topological polar surface area (TPSA) is 76.8 Å². The van der Waals surface area contributed by atoms with Gasteiger partial charge in [-0.25, -0.2) is 4.98 Å². The monoisotopic (exact) mass is 264 g/mol. The van der Waals surface area contributed by atoms with Crippen LogP contribution in [-0.4, -0.2) is 21.8 Å². The van der Waals surface area contributed by atoms with Crippen LogP contribution >= 0.6 is 11.8 Å². The zero-order valence-corrected chi connectivity index (χ0v) is 11.3. The van der Waals surface area contributed by atoms with Crippen molar-refractivity contribution in [2.75, 3.05) is 12.3 Å². The van der Waals surface area contributed by atoms with E-state index in [1.54, 1.807) is 0 Å². The van der Waals surface area contributed by atoms with E-state index >= 15 is 0 Å². The fraction of sp³-hybridized carbons (Fsp3) is 0.333. The quantitative estimate of drug-likeness (QED) is 0.812. The third kappa shape index (κ3) is 3.40. The number of aromatic nitrogens is 3. The molecule has 0 unspecified atom stereocenters. The summed E-state index contributed by atoms with van der Waals surface area (Å²) in [7, 11) is 0. The first-order chi connectivity index (χ1) is 8.67. The minimum absolute atomic E-state index is 0.679. The molecule has 2 rings (SSSR count). The van der Waals surface area contributed by atoms with Crippen molar-refractivity contribution in [2.45, 2.75) is 30.3 Å². The summed E-state index contributed by atoms with van der Waals surface area (Å²) in [6, 6.07) is 5.65. The van der Waals surface area contributed by atoms with Gasteiger partial charge >= 0.3 is 0 Å². The van der Waals surface area contributed by atoms with Gasteiger partial charge in [-0.05, 0) is 37.2 Å². The molecule has 0 saturated carbocycles. The van der Waals surface area contributed by atoms with E-state index in [2.05, 4.69) is 22.1 Å². The van der Waals surface area contributed by atoms with Crippen LogP contribution in [0.2, 0.25) is 0 Å². The van der Waals surface area contributed by atoms with Crippen molar-refractivity contribution in [1.29, 1.82) is 0 Å². The van der Waals surface area contributed by atoms with Gasteiger partial charge in [-0.15, -0.1) is 5.10 Å². The van der Waals surface area contributed by atoms with E-state index in [-0.39, 0.29) is 0 Å². The Hall–Kier alpha value is -1.69. The van der Waals surface area contributed by atoms with Gasteiger partial charge in [0.1, 0.15) is 11.6 Å². The Morgan fingerprint density at radius 2 is 2.22 bits per heavy atom. The molecule has 5 nitrogen and oxygen atoms in total. The average molecular weight is 264 g/mol. The molecule has 1 heterocycles. The van der Waals surface area contributed by atoms with Gasteiger partial charge in [0.2, 0.25) is 5.16 Å². The smallest absolute Gasteiger partial charge is 0.213 e. The Labute approximate surface area is 110 Å². The largest absolute Gasteiger partial charge is 0.493 e. The number of nitrogens with two attached hydrogens (primary N) is 1. The molecule has 0 amide bonds. The molecule has 6 heteroatoms. The summed E-state index contributed by atoms with van der Waals surface area (Å²) in [5.74, 6) is 1.58. The number of aryl methyl sites for hydroxylation is 1. The summed E-state index contributed by atoms with van der Waals surface area (Å²) in [4.78, 5) is 5.21. The predicted octanol–water partition coefficient (Wildman–Crippen LogP) is 2.64. The molecule has 0 aliphatic rings. The number of nitrogen functional groups attached to an aromatic ring is 1. The first-order valence-electron chi connectivity index (χ1n) is 5.77. The third-order valence-electron chi connectivity index (χ3n) is 2.16. The SMILES string of the molecule is CCCOc1cc(N)cc(Sc2n[nH]c(C)n2)c1. The van der Waals surface area contributed by atoms with Crippen molar-refractivity contribution in [3.05, 3.63) is 24.0 Å². The van der Waals surface area contributed by atoms with Crippen molar-refractivity contribution in [2.24, 2.45) is 0 Å². The molecular formula is C12H16N4OS. The van der Waals surface area contributed by atoms with E-state index in [1.165, 1.54) is 11.8 Å². The Morgan fingerprint density at radius 3 is 2.89 bits per heavy atom. The predicted molar refractivity (Wildman–Crippen MR) is 71.9 cm³/mol. The molecule has 0 aliphatic carbocycles. The lowest BCUT2D eigenvalue weighted by molar-refractivity contribution is 0.317. The number of anilines is 1. The molecular weight excluding hydrogens is 248 g/mol. The van der Waals surface area contributed by atoms with Crippen LogP contribution in [0.5, 0.6) is 5.75 Å². The zero-order chi connectivity index (χ0) is 13.0. The minimum atomic E-state index is 0.679. The van der Waals surface area contributed by atoms with Crippen LogP contribution in [0.25, 0.3) is 0 Å². The molecule has 96 valence electrons. The fourth-order valence-electron chi connectivity index (χ4n) is 1.43. The van der Waals surface area contributed by atoms with E-state index in [4.69, 9.17) is 10.5 Å². The van der Waals surface area contributed by atoms with Crippen LogP contribution in [0, 0.1) is 6.92 Å². The van der Waals surface area contributed by atoms with Gasteiger partial charge in [-0.3, -0.25) is 5.10 Å². The summed E-state index contributed by atoms with van der Waals surface area (Å²) in [5.41, 5.74) is 6.53. The molecule has 0 spiro atoms. The number of nitrogens with zero attached hydrogens (tertiary/aromatic N) is 2. The molecule has 0 bridgehead atoms. The van der Waals surface area contributed by atoms with Crippen LogP contribution in [-0.2, 0) is 0 Å². The lowest BCUT2D eigenvalue weighted by atomic mass is 10.3. The second-order valence-electron chi connectivity index (χ2n) is 3.89. The van der Waals surface area contributed by atoms with Gasteiger partial charge in [-0.2, -0.15) is 0 Å². The molecule has 1 aromatic carbocycles. The van der Waals surface area contributed by atoms with Crippen LogP contribution in [0.1, 0.15) is 19.2 Å². The van der Waals surface area contributed by atoms with Crippen LogP contribution < -0.4 is 10.5 Å². The second-order valence-corrected chi connectivity index (χ2v) is 4.93. The van der Waals surface area contributed by atoms with E-state index in [1.807, 2.05) is 25.1 Å². The van der Waals surface area contributed by atoms with E-state index in [0.717, 1.165) is 22.9 Å². The number of aromatic amines is 1. The van der Waals surface area contributed by atoms with Gasteiger partial charge in [0.25, 0.3) is 0 Å². The number of ether oxygens (including phenoxy) is 1. The van der Waals surface area contributed by atoms with Gasteiger partial charge in [-0.1, -0.05) is 6.92 Å². The summed E-state index contributed by atoms with van der Waals surface area (Å²) in [6.45, 7) is 4.62. The van der Waals surface area contributed by atoms with Crippen molar-refractivity contribution < 1.29 is 4.74 Å². The summed E-state index contributed by atoms with van der Waals surface area (Å²) >= 11 is 1.46. The number of hydrogen-bond donors (Lipinski definition) is 2. The van der Waals surface area contributed by atoms with Gasteiger partial charge in [0.15, 0.2) is 0 Å². The van der Waals surface area contributed by atoms with Crippen LogP contribution in [0.4, 0.5) is 5.69 Å². The maximum Gasteiger partial charge on any atom is 0.213 e. The van der Waals surface area contributed by atoms with Gasteiger partial charge in [0.05, 0.1) is 6.61 Å². The highest BCUT2D eigenvalue weighted by molar-refractivity contribution is 7.99. The van der Waals surface area contributed by atoms with Crippen molar-refractivity contribution >= 4 is 17.4 Å². The first-order valence-corrected chi connectivity index (χ1v) is 6.59. The highest BCUT2D eigenvalue weighted by atomic mass is 32.2. The zero-order valence-electron chi connectivity index (χ0n) is 10.4. The molecule has 0 radical (unpaired) electrons. The molecule has 0 aliphatic heterocycles. The Bertz CT molecular complexity index is 527. The van der Waals surface area contributed by atoms with Crippen LogP contribution in [0.15, 0.2) is 28.3 Å². The fourth-order valence-corrected chi connectivity index (χ4v) is 2.28. The lowest BCUT2D eigenvalue weighted by Crippen LogP contribution is -1.96. The third-order valence-corrected chi connectivity index (χ3v) is 3.00. The number of H-pyrrole nitrogens is 1. The van der Waals surface area contributed by atoms with E-state index < -0.39 is 0 Å². The van der Waals surface area contributed by atoms with Crippen molar-refractivity contribution in [1.82, 2.24) is 15.2 Å². The van der Waals surface area contributed by atoms with Gasteiger partial charge in [0, 0.05) is 16.6 Å². The molecule has 1 aromatic heterocycles. The average Bonchev–Trinajstić information content (AvgIpc) is 2.71. The Balaban J connectivity index is 2.14. The number of benzene rings is 1. The molecule has 0 saturated heterocycles. The molecule has 0 atom stereocenters. The highest BCUT2D eigenvalue weighted by Gasteiger charge is 2.06. The Morgan fingerprint density at radius 1 is 1.39 bits per heavy atom. The van der Waals surface area contributed by atoms with E-state index in [9.17, 15) is 0 Å². The summed E-state index contributed by atoms with van der Waals surface area (Å²) < 4.78 is 5.58. The maximum absolute atomic E-state index is 5.85. The summed E-state index contributed by atoms with van der Waals surface area (Å²) in [5, 5.41) is 7.57. The molecule has 2 aromatic rings. The molecule has 0 fully saturated rings. The maximum atomic E-state index is 5.85. The summed E-state index contributed by atoms with van der Waals surface area (Å²) in [6.07, 6.45) is 0.970. The minimum Gasteiger partial charge on any atom is -0.493 e. The number of nitrogens with one attached hydrogen (secondary N) is 1. The van der Waals surface area contributed by atoms with Crippen molar-refractivity contribution in [3.63, 3.8) is 0 Å². The molecule has 3 N–H and O–H groups in total. The van der Waals surface area contributed by atoms with Crippen LogP contribution in [0.3, 0.4) is 0 Å². The van der Waals surface area contributed by atoms with Crippen molar-refractivity contribution in [3.8, 4) is 5.75 Å².